The molecule has 1 atom stereocenters. The average Bonchev–Trinajstić information content (AvgIpc) is 2.78. The van der Waals surface area contributed by atoms with Crippen molar-refractivity contribution in [2.45, 2.75) is 19.5 Å². The number of morpholine rings is 1. The van der Waals surface area contributed by atoms with E-state index >= 15 is 0 Å². The fourth-order valence-electron chi connectivity index (χ4n) is 3.71. The Kier molecular flexibility index (Phi) is 8.63. The molecule has 2 aromatic carbocycles. The molecule has 0 aliphatic carbocycles. The van der Waals surface area contributed by atoms with Gasteiger partial charge in [-0.1, -0.05) is 23.7 Å². The van der Waals surface area contributed by atoms with Gasteiger partial charge in [-0.2, -0.15) is 0 Å². The van der Waals surface area contributed by atoms with Gasteiger partial charge in [0.15, 0.2) is 11.5 Å². The molecule has 0 bridgehead atoms. The number of ether oxygens (including phenoxy) is 4. The number of benzene rings is 2. The Morgan fingerprint density at radius 1 is 1.10 bits per heavy atom. The summed E-state index contributed by atoms with van der Waals surface area (Å²) in [6.45, 7) is 7.35. The topological polar surface area (TPSA) is 52.2 Å². The highest BCUT2D eigenvalue weighted by Crippen LogP contribution is 2.36. The Hall–Kier alpha value is -1.99. The van der Waals surface area contributed by atoms with Crippen LogP contribution < -0.4 is 19.5 Å². The first-order valence-corrected chi connectivity index (χ1v) is 10.7. The summed E-state index contributed by atoms with van der Waals surface area (Å²) in [6.07, 6.45) is 0. The Morgan fingerprint density at radius 3 is 2.47 bits per heavy atom. The molecule has 1 fully saturated rings. The molecule has 164 valence electrons. The van der Waals surface area contributed by atoms with Crippen molar-refractivity contribution in [3.63, 3.8) is 0 Å². The fourth-order valence-corrected chi connectivity index (χ4v) is 4.02. The van der Waals surface area contributed by atoms with Crippen molar-refractivity contribution < 1.29 is 18.9 Å². The van der Waals surface area contributed by atoms with Gasteiger partial charge >= 0.3 is 0 Å². The molecule has 6 nitrogen and oxygen atoms in total. The molecule has 1 unspecified atom stereocenters. The minimum atomic E-state index is 0.250. The number of hydrogen-bond donors (Lipinski definition) is 1. The third-order valence-electron chi connectivity index (χ3n) is 5.23. The normalized spacial score (nSPS) is 15.6. The number of hydrogen-bond acceptors (Lipinski definition) is 6. The molecule has 3 rings (SSSR count). The molecule has 0 spiro atoms. The van der Waals surface area contributed by atoms with Crippen LogP contribution in [0.25, 0.3) is 0 Å². The van der Waals surface area contributed by atoms with Crippen molar-refractivity contribution >= 4 is 11.6 Å². The van der Waals surface area contributed by atoms with E-state index in [-0.39, 0.29) is 6.04 Å². The van der Waals surface area contributed by atoms with Crippen LogP contribution in [0.2, 0.25) is 5.02 Å². The molecule has 1 saturated heterocycles. The van der Waals surface area contributed by atoms with E-state index in [9.17, 15) is 0 Å². The van der Waals surface area contributed by atoms with Crippen LogP contribution >= 0.6 is 11.6 Å². The zero-order valence-corrected chi connectivity index (χ0v) is 18.7. The maximum atomic E-state index is 6.39. The van der Waals surface area contributed by atoms with Crippen LogP contribution in [-0.4, -0.2) is 58.6 Å². The largest absolute Gasteiger partial charge is 0.497 e. The van der Waals surface area contributed by atoms with Crippen molar-refractivity contribution in [2.24, 2.45) is 0 Å². The molecule has 1 heterocycles. The minimum absolute atomic E-state index is 0.250. The van der Waals surface area contributed by atoms with Crippen LogP contribution in [0.1, 0.15) is 24.1 Å². The lowest BCUT2D eigenvalue weighted by Crippen LogP contribution is -2.42. The molecular formula is C23H31ClN2O4. The van der Waals surface area contributed by atoms with Gasteiger partial charge in [0.2, 0.25) is 0 Å². The second-order valence-corrected chi connectivity index (χ2v) is 7.52. The summed E-state index contributed by atoms with van der Waals surface area (Å²) in [4.78, 5) is 2.46. The quantitative estimate of drug-likeness (QED) is 0.611. The molecule has 0 saturated carbocycles. The van der Waals surface area contributed by atoms with E-state index in [2.05, 4.69) is 22.3 Å². The highest BCUT2D eigenvalue weighted by atomic mass is 35.5. The van der Waals surface area contributed by atoms with Crippen molar-refractivity contribution in [1.29, 1.82) is 0 Å². The molecule has 30 heavy (non-hydrogen) atoms. The van der Waals surface area contributed by atoms with Gasteiger partial charge in [0.05, 0.1) is 39.1 Å². The summed E-state index contributed by atoms with van der Waals surface area (Å²) < 4.78 is 21.9. The lowest BCUT2D eigenvalue weighted by atomic mass is 10.0. The molecule has 1 N–H and O–H groups in total. The average molecular weight is 435 g/mol. The molecule has 1 aliphatic heterocycles. The summed E-state index contributed by atoms with van der Waals surface area (Å²) in [7, 11) is 3.29. The van der Waals surface area contributed by atoms with Crippen LogP contribution in [0.4, 0.5) is 0 Å². The first-order valence-electron chi connectivity index (χ1n) is 10.3. The van der Waals surface area contributed by atoms with Gasteiger partial charge in [-0.15, -0.1) is 0 Å². The number of rotatable bonds is 10. The lowest BCUT2D eigenvalue weighted by Gasteiger charge is -2.35. The highest BCUT2D eigenvalue weighted by molar-refractivity contribution is 6.32. The van der Waals surface area contributed by atoms with Crippen LogP contribution in [0.15, 0.2) is 36.4 Å². The van der Waals surface area contributed by atoms with Crippen molar-refractivity contribution in [1.82, 2.24) is 10.2 Å². The van der Waals surface area contributed by atoms with E-state index in [1.807, 2.05) is 31.2 Å². The SMILES string of the molecule is CCOc1cc(CNCC(c2ccc(OC)cc2)N2CCOCC2)cc(Cl)c1OC. The first kappa shape index (κ1) is 22.7. The van der Waals surface area contributed by atoms with E-state index < -0.39 is 0 Å². The maximum Gasteiger partial charge on any atom is 0.179 e. The lowest BCUT2D eigenvalue weighted by molar-refractivity contribution is 0.0161. The standard InChI is InChI=1S/C23H31ClN2O4/c1-4-30-22-14-17(13-20(24)23(22)28-3)15-25-16-21(26-9-11-29-12-10-26)18-5-7-19(27-2)8-6-18/h5-8,13-14,21,25H,4,9-12,15-16H2,1-3H3. The molecule has 2 aromatic rings. The van der Waals surface area contributed by atoms with E-state index in [1.54, 1.807) is 14.2 Å². The van der Waals surface area contributed by atoms with Crippen LogP contribution in [0.5, 0.6) is 17.2 Å². The predicted octanol–water partition coefficient (Wildman–Crippen LogP) is 3.92. The Morgan fingerprint density at radius 2 is 1.83 bits per heavy atom. The van der Waals surface area contributed by atoms with Crippen LogP contribution in [0, 0.1) is 0 Å². The van der Waals surface area contributed by atoms with Gasteiger partial charge < -0.3 is 24.3 Å². The van der Waals surface area contributed by atoms with Gasteiger partial charge in [-0.3, -0.25) is 4.90 Å². The molecular weight excluding hydrogens is 404 g/mol. The third kappa shape index (κ3) is 5.79. The van der Waals surface area contributed by atoms with E-state index in [0.29, 0.717) is 29.7 Å². The number of methoxy groups -OCH3 is 2. The summed E-state index contributed by atoms with van der Waals surface area (Å²) in [6, 6.07) is 12.5. The van der Waals surface area contributed by atoms with Gasteiger partial charge in [-0.05, 0) is 42.3 Å². The second-order valence-electron chi connectivity index (χ2n) is 7.11. The molecule has 1 aliphatic rings. The van der Waals surface area contributed by atoms with Crippen molar-refractivity contribution in [3.8, 4) is 17.2 Å². The maximum absolute atomic E-state index is 6.39. The van der Waals surface area contributed by atoms with Gasteiger partial charge in [0.25, 0.3) is 0 Å². The fraction of sp³-hybridized carbons (Fsp3) is 0.478. The van der Waals surface area contributed by atoms with Gasteiger partial charge in [-0.25, -0.2) is 0 Å². The number of nitrogens with one attached hydrogen (secondary N) is 1. The predicted molar refractivity (Wildman–Crippen MR) is 119 cm³/mol. The molecule has 7 heteroatoms. The third-order valence-corrected chi connectivity index (χ3v) is 5.51. The van der Waals surface area contributed by atoms with E-state index in [0.717, 1.165) is 44.2 Å². The van der Waals surface area contributed by atoms with Gasteiger partial charge in [0.1, 0.15) is 5.75 Å². The van der Waals surface area contributed by atoms with E-state index in [4.69, 9.17) is 30.5 Å². The highest BCUT2D eigenvalue weighted by Gasteiger charge is 2.22. The van der Waals surface area contributed by atoms with Crippen molar-refractivity contribution in [2.75, 3.05) is 53.7 Å². The zero-order valence-electron chi connectivity index (χ0n) is 17.9. The monoisotopic (exact) mass is 434 g/mol. The Labute approximate surface area is 184 Å². The summed E-state index contributed by atoms with van der Waals surface area (Å²) in [5, 5.41) is 4.15. The van der Waals surface area contributed by atoms with E-state index in [1.165, 1.54) is 5.56 Å². The number of nitrogens with zero attached hydrogens (tertiary/aromatic N) is 1. The van der Waals surface area contributed by atoms with Crippen LogP contribution in [0.3, 0.4) is 0 Å². The summed E-state index contributed by atoms with van der Waals surface area (Å²) in [5.74, 6) is 2.11. The Balaban J connectivity index is 1.70. The zero-order chi connectivity index (χ0) is 21.3. The smallest absolute Gasteiger partial charge is 0.179 e. The van der Waals surface area contributed by atoms with Crippen molar-refractivity contribution in [3.05, 3.63) is 52.5 Å². The van der Waals surface area contributed by atoms with Gasteiger partial charge in [0, 0.05) is 32.2 Å². The molecule has 0 amide bonds. The summed E-state index contributed by atoms with van der Waals surface area (Å²) >= 11 is 6.39. The molecule has 0 radical (unpaired) electrons. The first-order chi connectivity index (χ1) is 14.7. The minimum Gasteiger partial charge on any atom is -0.497 e. The number of halogens is 1. The molecule has 0 aromatic heterocycles. The summed E-state index contributed by atoms with van der Waals surface area (Å²) in [5.41, 5.74) is 2.31. The Bertz CT molecular complexity index is 795. The van der Waals surface area contributed by atoms with Crippen LogP contribution in [-0.2, 0) is 11.3 Å². The second kappa shape index (κ2) is 11.4.